The molecule has 2 atom stereocenters. The molecule has 2 aromatic rings. The molecule has 2 fully saturated rings. The number of hydrogen-bond donors (Lipinski definition) is 0. The van der Waals surface area contributed by atoms with Crippen LogP contribution in [0.15, 0.2) is 54.6 Å². The van der Waals surface area contributed by atoms with Crippen LogP contribution in [0.1, 0.15) is 17.5 Å². The molecule has 2 amide bonds. The van der Waals surface area contributed by atoms with Gasteiger partial charge in [0.1, 0.15) is 5.75 Å². The summed E-state index contributed by atoms with van der Waals surface area (Å²) in [6.07, 6.45) is 1.19. The molecule has 2 aromatic carbocycles. The minimum absolute atomic E-state index is 0.0132. The molecule has 0 unspecified atom stereocenters. The number of nitrogens with zero attached hydrogens (tertiary/aromatic N) is 2. The monoisotopic (exact) mass is 452 g/mol. The first-order valence-corrected chi connectivity index (χ1v) is 11.5. The first kappa shape index (κ1) is 23.3. The quantitative estimate of drug-likeness (QED) is 0.616. The predicted octanol–water partition coefficient (Wildman–Crippen LogP) is 2.53. The Morgan fingerprint density at radius 2 is 1.91 bits per heavy atom. The molecule has 2 aliphatic rings. The van der Waals surface area contributed by atoms with Gasteiger partial charge in [0.2, 0.25) is 11.8 Å². The van der Waals surface area contributed by atoms with Crippen molar-refractivity contribution in [2.75, 3.05) is 46.5 Å². The fourth-order valence-electron chi connectivity index (χ4n) is 4.34. The summed E-state index contributed by atoms with van der Waals surface area (Å²) in [5.74, 6) is 0.550. The lowest BCUT2D eigenvalue weighted by molar-refractivity contribution is -0.141. The number of hydrogen-bond acceptors (Lipinski definition) is 5. The Hall–Kier alpha value is -2.90. The van der Waals surface area contributed by atoms with E-state index >= 15 is 0 Å². The van der Waals surface area contributed by atoms with Crippen molar-refractivity contribution in [3.63, 3.8) is 0 Å². The number of rotatable bonds is 8. The molecule has 2 saturated heterocycles. The Balaban J connectivity index is 1.45. The molecule has 0 bridgehead atoms. The van der Waals surface area contributed by atoms with E-state index in [4.69, 9.17) is 14.2 Å². The molecule has 2 aliphatic heterocycles. The molecule has 7 heteroatoms. The third-order valence-corrected chi connectivity index (χ3v) is 6.25. The van der Waals surface area contributed by atoms with Gasteiger partial charge in [-0.25, -0.2) is 0 Å². The van der Waals surface area contributed by atoms with Crippen LogP contribution >= 0.6 is 0 Å². The smallest absolute Gasteiger partial charge is 0.242 e. The molecule has 176 valence electrons. The molecule has 0 radical (unpaired) electrons. The number of methoxy groups -OCH3 is 1. The van der Waals surface area contributed by atoms with E-state index in [1.54, 1.807) is 12.0 Å². The Morgan fingerprint density at radius 1 is 1.09 bits per heavy atom. The topological polar surface area (TPSA) is 68.3 Å². The number of benzene rings is 2. The van der Waals surface area contributed by atoms with E-state index in [1.807, 2.05) is 47.4 Å². The molecular weight excluding hydrogens is 420 g/mol. The fourth-order valence-corrected chi connectivity index (χ4v) is 4.34. The van der Waals surface area contributed by atoms with Crippen molar-refractivity contribution in [1.82, 2.24) is 9.80 Å². The second-order valence-electron chi connectivity index (χ2n) is 8.64. The fraction of sp³-hybridized carbons (Fsp3) is 0.462. The summed E-state index contributed by atoms with van der Waals surface area (Å²) in [7, 11) is 1.64. The number of carbonyl (C=O) groups is 2. The second-order valence-corrected chi connectivity index (χ2v) is 8.64. The van der Waals surface area contributed by atoms with E-state index in [2.05, 4.69) is 12.1 Å². The van der Waals surface area contributed by atoms with Crippen molar-refractivity contribution in [1.29, 1.82) is 0 Å². The minimum atomic E-state index is -0.273. The van der Waals surface area contributed by atoms with Gasteiger partial charge in [0.15, 0.2) is 0 Å². The van der Waals surface area contributed by atoms with Crippen LogP contribution in [0.25, 0.3) is 0 Å². The average molecular weight is 453 g/mol. The SMILES string of the molecule is COc1cccc(CO[C@@H]2CN(CCc3ccccc3)C(=O)CN(C(=O)[C@H]3CCOC3)C2)c1. The standard InChI is InChI=1S/C26H32N2O5/c1-31-23-9-5-8-21(14-23)18-33-24-15-27(12-10-20-6-3-2-4-7-20)25(29)17-28(16-24)26(30)22-11-13-32-19-22/h2-9,14,22,24H,10-13,15-19H2,1H3/t22-,24+/m0/s1. The predicted molar refractivity (Wildman–Crippen MR) is 124 cm³/mol. The zero-order chi connectivity index (χ0) is 23.0. The van der Waals surface area contributed by atoms with Crippen LogP contribution in [0.5, 0.6) is 5.75 Å². The van der Waals surface area contributed by atoms with Crippen molar-refractivity contribution in [2.45, 2.75) is 25.6 Å². The summed E-state index contributed by atoms with van der Waals surface area (Å²) in [4.78, 5) is 29.7. The van der Waals surface area contributed by atoms with Crippen LogP contribution in [0.2, 0.25) is 0 Å². The van der Waals surface area contributed by atoms with E-state index in [9.17, 15) is 9.59 Å². The minimum Gasteiger partial charge on any atom is -0.497 e. The zero-order valence-corrected chi connectivity index (χ0v) is 19.2. The highest BCUT2D eigenvalue weighted by atomic mass is 16.5. The maximum absolute atomic E-state index is 13.1. The first-order valence-electron chi connectivity index (χ1n) is 11.5. The van der Waals surface area contributed by atoms with Gasteiger partial charge in [-0.2, -0.15) is 0 Å². The van der Waals surface area contributed by atoms with E-state index < -0.39 is 0 Å². The molecule has 33 heavy (non-hydrogen) atoms. The van der Waals surface area contributed by atoms with Crippen molar-refractivity contribution < 1.29 is 23.8 Å². The Morgan fingerprint density at radius 3 is 2.67 bits per heavy atom. The van der Waals surface area contributed by atoms with Gasteiger partial charge in [-0.1, -0.05) is 42.5 Å². The summed E-state index contributed by atoms with van der Waals surface area (Å²) in [6.45, 7) is 2.94. The van der Waals surface area contributed by atoms with Crippen molar-refractivity contribution in [2.24, 2.45) is 5.92 Å². The molecule has 4 rings (SSSR count). The third-order valence-electron chi connectivity index (χ3n) is 6.25. The molecule has 0 saturated carbocycles. The van der Waals surface area contributed by atoms with Gasteiger partial charge >= 0.3 is 0 Å². The van der Waals surface area contributed by atoms with Crippen LogP contribution in [-0.2, 0) is 32.1 Å². The Labute approximate surface area is 195 Å². The highest BCUT2D eigenvalue weighted by Gasteiger charge is 2.35. The van der Waals surface area contributed by atoms with Gasteiger partial charge in [-0.3, -0.25) is 9.59 Å². The molecule has 0 aliphatic carbocycles. The van der Waals surface area contributed by atoms with Gasteiger partial charge in [0, 0.05) is 26.2 Å². The lowest BCUT2D eigenvalue weighted by Crippen LogP contribution is -2.43. The zero-order valence-electron chi connectivity index (χ0n) is 19.2. The van der Waals surface area contributed by atoms with Crippen LogP contribution < -0.4 is 4.74 Å². The van der Waals surface area contributed by atoms with Crippen LogP contribution in [0.3, 0.4) is 0 Å². The van der Waals surface area contributed by atoms with Crippen LogP contribution in [0.4, 0.5) is 0 Å². The molecular formula is C26H32N2O5. The molecule has 0 spiro atoms. The first-order chi connectivity index (χ1) is 16.1. The van der Waals surface area contributed by atoms with Crippen molar-refractivity contribution in [3.8, 4) is 5.75 Å². The van der Waals surface area contributed by atoms with E-state index in [-0.39, 0.29) is 30.4 Å². The van der Waals surface area contributed by atoms with E-state index in [1.165, 1.54) is 5.56 Å². The van der Waals surface area contributed by atoms with Gasteiger partial charge in [0.25, 0.3) is 0 Å². The van der Waals surface area contributed by atoms with E-state index in [0.29, 0.717) is 45.9 Å². The Bertz CT molecular complexity index is 929. The van der Waals surface area contributed by atoms with Crippen LogP contribution in [-0.4, -0.2) is 74.2 Å². The van der Waals surface area contributed by atoms with Crippen molar-refractivity contribution in [3.05, 3.63) is 65.7 Å². The summed E-state index contributed by atoms with van der Waals surface area (Å²) in [5.41, 5.74) is 2.17. The molecule has 7 nitrogen and oxygen atoms in total. The third kappa shape index (κ3) is 6.33. The second kappa shape index (κ2) is 11.3. The average Bonchev–Trinajstić information content (AvgIpc) is 3.34. The number of carbonyl (C=O) groups excluding carboxylic acids is 2. The summed E-state index contributed by atoms with van der Waals surface area (Å²) < 4.78 is 17.0. The molecule has 2 heterocycles. The van der Waals surface area contributed by atoms with Crippen LogP contribution in [0, 0.1) is 5.92 Å². The molecule has 0 aromatic heterocycles. The maximum atomic E-state index is 13.1. The summed E-state index contributed by atoms with van der Waals surface area (Å²) in [5, 5.41) is 0. The highest BCUT2D eigenvalue weighted by molar-refractivity contribution is 5.86. The molecule has 0 N–H and O–H groups in total. The lowest BCUT2D eigenvalue weighted by Gasteiger charge is -2.26. The summed E-state index contributed by atoms with van der Waals surface area (Å²) >= 11 is 0. The number of ether oxygens (including phenoxy) is 3. The highest BCUT2D eigenvalue weighted by Crippen LogP contribution is 2.20. The van der Waals surface area contributed by atoms with Gasteiger partial charge in [0.05, 0.1) is 38.9 Å². The van der Waals surface area contributed by atoms with Gasteiger partial charge in [-0.05, 0) is 36.1 Å². The largest absolute Gasteiger partial charge is 0.497 e. The van der Waals surface area contributed by atoms with Gasteiger partial charge in [-0.15, -0.1) is 0 Å². The Kier molecular flexibility index (Phi) is 7.96. The lowest BCUT2D eigenvalue weighted by atomic mass is 10.1. The normalized spacial score (nSPS) is 21.2. The summed E-state index contributed by atoms with van der Waals surface area (Å²) in [6, 6.07) is 17.9. The van der Waals surface area contributed by atoms with E-state index in [0.717, 1.165) is 17.7 Å². The number of amides is 2. The van der Waals surface area contributed by atoms with Crippen molar-refractivity contribution >= 4 is 11.8 Å². The maximum Gasteiger partial charge on any atom is 0.242 e. The van der Waals surface area contributed by atoms with Gasteiger partial charge < -0.3 is 24.0 Å².